The number of hydrogen-bond donors (Lipinski definition) is 3. The van der Waals surface area contributed by atoms with Gasteiger partial charge in [0, 0.05) is 40.8 Å². The van der Waals surface area contributed by atoms with Crippen molar-refractivity contribution in [3.05, 3.63) is 65.7 Å². The molecule has 0 unspecified atom stereocenters. The van der Waals surface area contributed by atoms with Crippen molar-refractivity contribution in [2.75, 3.05) is 38.7 Å². The average molecular weight is 683 g/mol. The molecule has 0 bridgehead atoms. The lowest BCUT2D eigenvalue weighted by atomic mass is 10.1. The molecule has 6 rings (SSSR count). The number of morpholine rings is 1. The zero-order valence-corrected chi connectivity index (χ0v) is 24.8. The number of aromatic amines is 2. The van der Waals surface area contributed by atoms with E-state index in [1.54, 1.807) is 24.4 Å². The maximum Gasteiger partial charge on any atom is 0.179 e. The van der Waals surface area contributed by atoms with Crippen LogP contribution in [0, 0.1) is 17.0 Å². The minimum Gasteiger partial charge on any atom is -0.491 e. The van der Waals surface area contributed by atoms with Crippen molar-refractivity contribution in [3.8, 4) is 39.8 Å². The Morgan fingerprint density at radius 3 is 2.90 bits per heavy atom. The third kappa shape index (κ3) is 6.01. The van der Waals surface area contributed by atoms with Crippen molar-refractivity contribution in [3.63, 3.8) is 0 Å². The van der Waals surface area contributed by atoms with Crippen molar-refractivity contribution in [2.45, 2.75) is 6.54 Å². The molecule has 3 aromatic heterocycles. The van der Waals surface area contributed by atoms with Gasteiger partial charge in [0.05, 0.1) is 60.6 Å². The first kappa shape index (κ1) is 27.5. The molecule has 10 nitrogen and oxygen atoms in total. The lowest BCUT2D eigenvalue weighted by molar-refractivity contribution is 0.0342. The second-order valence-corrected chi connectivity index (χ2v) is 10.9. The fourth-order valence-corrected chi connectivity index (χ4v) is 5.07. The van der Waals surface area contributed by atoms with E-state index in [1.807, 2.05) is 27.3 Å². The third-order valence-corrected chi connectivity index (χ3v) is 7.46. The minimum absolute atomic E-state index is 0.193. The first-order chi connectivity index (χ1) is 20.1. The minimum atomic E-state index is -0.485. The Balaban J connectivity index is 1.29. The van der Waals surface area contributed by atoms with E-state index in [1.165, 1.54) is 27.8 Å². The Morgan fingerprint density at radius 1 is 1.20 bits per heavy atom. The number of ether oxygens (including phenoxy) is 2. The summed E-state index contributed by atoms with van der Waals surface area (Å²) < 4.78 is 26.2. The molecule has 0 radical (unpaired) electrons. The van der Waals surface area contributed by atoms with E-state index in [0.717, 1.165) is 43.9 Å². The van der Waals surface area contributed by atoms with E-state index < -0.39 is 5.82 Å². The summed E-state index contributed by atoms with van der Waals surface area (Å²) in [6, 6.07) is 11.2. The Labute approximate surface area is 251 Å². The van der Waals surface area contributed by atoms with Crippen LogP contribution in [-0.4, -0.2) is 68.4 Å². The first-order valence-electron chi connectivity index (χ1n) is 12.7. The van der Waals surface area contributed by atoms with Gasteiger partial charge < -0.3 is 19.8 Å². The molecule has 1 saturated heterocycles. The van der Waals surface area contributed by atoms with E-state index in [9.17, 15) is 0 Å². The standard InChI is InChI=1S/C28H24FIN8O2S/c1-39-23-15-31-26(19-4-2-3-18(24(19)29)7-12-41-30)36-27(23)35-22-14-32-37-25(22)28-33-20-6-5-17(13-21(20)34-28)16-38-8-10-40-11-9-38/h2-6,13-15H,8-11,16H2,1H3,(H,32,37)(H,33,34)(H,31,35,36). The molecule has 0 atom stereocenters. The van der Waals surface area contributed by atoms with Crippen molar-refractivity contribution < 1.29 is 13.9 Å². The molecule has 5 aromatic rings. The molecule has 0 spiro atoms. The summed E-state index contributed by atoms with van der Waals surface area (Å²) in [7, 11) is 2.81. The number of rotatable bonds is 7. The van der Waals surface area contributed by atoms with Crippen molar-refractivity contribution in [2.24, 2.45) is 0 Å². The van der Waals surface area contributed by atoms with Gasteiger partial charge in [-0.15, -0.1) is 0 Å². The molecule has 208 valence electrons. The van der Waals surface area contributed by atoms with E-state index in [-0.39, 0.29) is 17.0 Å². The van der Waals surface area contributed by atoms with Crippen LogP contribution < -0.4 is 10.1 Å². The fourth-order valence-electron chi connectivity index (χ4n) is 4.59. The first-order valence-corrected chi connectivity index (χ1v) is 16.1. The molecule has 0 aliphatic carbocycles. The second-order valence-electron chi connectivity index (χ2n) is 9.19. The van der Waals surface area contributed by atoms with Crippen LogP contribution in [-0.2, 0) is 11.3 Å². The number of halogens is 2. The van der Waals surface area contributed by atoms with Gasteiger partial charge in [0.2, 0.25) is 0 Å². The second kappa shape index (κ2) is 12.4. The summed E-state index contributed by atoms with van der Waals surface area (Å²) >= 11 is 2.04. The van der Waals surface area contributed by atoms with Crippen LogP contribution in [0.1, 0.15) is 11.1 Å². The summed E-state index contributed by atoms with van der Waals surface area (Å²) in [5.41, 5.74) is 4.72. The number of anilines is 2. The molecule has 41 heavy (non-hydrogen) atoms. The summed E-state index contributed by atoms with van der Waals surface area (Å²) in [6.07, 6.45) is 3.13. The zero-order valence-electron chi connectivity index (χ0n) is 21.9. The van der Waals surface area contributed by atoms with E-state index in [4.69, 9.17) is 14.5 Å². The Kier molecular flexibility index (Phi) is 8.33. The Hall–Kier alpha value is -3.71. The monoisotopic (exact) mass is 682 g/mol. The van der Waals surface area contributed by atoms with Crippen LogP contribution in [0.4, 0.5) is 15.9 Å². The number of fused-ring (bicyclic) bond motifs is 1. The number of aromatic nitrogens is 6. The summed E-state index contributed by atoms with van der Waals surface area (Å²) in [6.45, 7) is 4.23. The molecule has 1 fully saturated rings. The smallest absolute Gasteiger partial charge is 0.179 e. The van der Waals surface area contributed by atoms with Gasteiger partial charge in [0.1, 0.15) is 11.5 Å². The van der Waals surface area contributed by atoms with Gasteiger partial charge in [-0.05, 0) is 44.0 Å². The van der Waals surface area contributed by atoms with E-state index in [0.29, 0.717) is 28.8 Å². The number of imidazole rings is 1. The van der Waals surface area contributed by atoms with Crippen molar-refractivity contribution >= 4 is 52.7 Å². The topological polar surface area (TPSA) is 117 Å². The van der Waals surface area contributed by atoms with Crippen LogP contribution in [0.2, 0.25) is 0 Å². The maximum absolute atomic E-state index is 15.2. The lowest BCUT2D eigenvalue weighted by Gasteiger charge is -2.26. The highest BCUT2D eigenvalue weighted by Crippen LogP contribution is 2.33. The highest BCUT2D eigenvalue weighted by molar-refractivity contribution is 14.2. The average Bonchev–Trinajstić information content (AvgIpc) is 3.63. The van der Waals surface area contributed by atoms with E-state index >= 15 is 4.39 Å². The van der Waals surface area contributed by atoms with E-state index in [2.05, 4.69) is 58.7 Å². The Bertz CT molecular complexity index is 1760. The molecular formula is C28H24FIN8O2S. The predicted molar refractivity (Wildman–Crippen MR) is 166 cm³/mol. The van der Waals surface area contributed by atoms with Crippen LogP contribution in [0.5, 0.6) is 5.75 Å². The molecular weight excluding hydrogens is 658 g/mol. The number of H-pyrrole nitrogens is 2. The van der Waals surface area contributed by atoms with Gasteiger partial charge in [-0.25, -0.2) is 19.3 Å². The molecule has 1 aliphatic heterocycles. The van der Waals surface area contributed by atoms with Crippen LogP contribution in [0.3, 0.4) is 0 Å². The Morgan fingerprint density at radius 2 is 2.07 bits per heavy atom. The molecule has 2 aromatic carbocycles. The predicted octanol–water partition coefficient (Wildman–Crippen LogP) is 5.53. The van der Waals surface area contributed by atoms with Crippen LogP contribution in [0.15, 0.2) is 48.8 Å². The van der Waals surface area contributed by atoms with Crippen molar-refractivity contribution in [1.29, 1.82) is 0 Å². The maximum atomic E-state index is 15.2. The highest BCUT2D eigenvalue weighted by atomic mass is 127. The summed E-state index contributed by atoms with van der Waals surface area (Å²) in [4.78, 5) is 19.5. The molecule has 13 heteroatoms. The van der Waals surface area contributed by atoms with Gasteiger partial charge in [-0.2, -0.15) is 5.10 Å². The van der Waals surface area contributed by atoms with Gasteiger partial charge in [0.25, 0.3) is 0 Å². The number of methoxy groups -OCH3 is 1. The highest BCUT2D eigenvalue weighted by Gasteiger charge is 2.19. The molecule has 0 amide bonds. The normalized spacial score (nSPS) is 13.6. The number of benzene rings is 2. The molecule has 4 heterocycles. The third-order valence-electron chi connectivity index (χ3n) is 6.62. The number of nitrogens with one attached hydrogen (secondary N) is 3. The largest absolute Gasteiger partial charge is 0.491 e. The number of nitrogens with zero attached hydrogens (tertiary/aromatic N) is 5. The van der Waals surface area contributed by atoms with Crippen LogP contribution >= 0.6 is 30.1 Å². The van der Waals surface area contributed by atoms with Crippen molar-refractivity contribution in [1.82, 2.24) is 35.0 Å². The summed E-state index contributed by atoms with van der Waals surface area (Å²) in [5.74, 6) is 3.87. The lowest BCUT2D eigenvalue weighted by Crippen LogP contribution is -2.35. The van der Waals surface area contributed by atoms with Gasteiger partial charge >= 0.3 is 0 Å². The van der Waals surface area contributed by atoms with Gasteiger partial charge in [0.15, 0.2) is 23.2 Å². The number of hydrogen-bond acceptors (Lipinski definition) is 9. The van der Waals surface area contributed by atoms with Crippen LogP contribution in [0.25, 0.3) is 33.9 Å². The zero-order chi connectivity index (χ0) is 28.2. The molecule has 0 saturated carbocycles. The quantitative estimate of drug-likeness (QED) is 0.151. The molecule has 1 aliphatic rings. The molecule has 3 N–H and O–H groups in total. The summed E-state index contributed by atoms with van der Waals surface area (Å²) in [5, 5.41) is 13.3. The SMILES string of the molecule is COc1cnc(-c2cccc(C#CSI)c2F)nc1Nc1cn[nH]c1-c1nc2ccc(CN3CCOCC3)cc2[nH]1. The van der Waals surface area contributed by atoms with Gasteiger partial charge in [-0.3, -0.25) is 10.00 Å². The van der Waals surface area contributed by atoms with Gasteiger partial charge in [-0.1, -0.05) is 18.1 Å². The fraction of sp³-hybridized carbons (Fsp3) is 0.214.